The van der Waals surface area contributed by atoms with Gasteiger partial charge >= 0.3 is 6.03 Å². The first kappa shape index (κ1) is 21.6. The zero-order chi connectivity index (χ0) is 21.0. The minimum absolute atomic E-state index is 0.0402. The van der Waals surface area contributed by atoms with Crippen molar-refractivity contribution in [3.05, 3.63) is 0 Å². The Morgan fingerprint density at radius 3 is 2.41 bits per heavy atom. The van der Waals surface area contributed by atoms with Crippen molar-refractivity contribution >= 4 is 23.8 Å². The Morgan fingerprint density at radius 1 is 1.14 bits per heavy atom. The molecule has 0 aromatic heterocycles. The molecule has 2 saturated heterocycles. The van der Waals surface area contributed by atoms with E-state index in [4.69, 9.17) is 0 Å². The number of amides is 5. The molecular weight excluding hydrogens is 372 g/mol. The number of piperidine rings is 1. The molecule has 162 valence electrons. The zero-order valence-corrected chi connectivity index (χ0v) is 17.7. The van der Waals surface area contributed by atoms with Crippen LogP contribution in [0.25, 0.3) is 0 Å². The highest BCUT2D eigenvalue weighted by molar-refractivity contribution is 6.07. The summed E-state index contributed by atoms with van der Waals surface area (Å²) in [6.07, 6.45) is 6.51. The molecule has 29 heavy (non-hydrogen) atoms. The van der Waals surface area contributed by atoms with Gasteiger partial charge in [0.25, 0.3) is 5.91 Å². The van der Waals surface area contributed by atoms with Crippen LogP contribution in [-0.4, -0.2) is 64.8 Å². The molecule has 1 saturated carbocycles. The number of nitrogens with one attached hydrogen (secondary N) is 2. The van der Waals surface area contributed by atoms with E-state index in [9.17, 15) is 19.2 Å². The topological polar surface area (TPSA) is 98.8 Å². The number of imide groups is 1. The molecule has 0 aromatic carbocycles. The summed E-state index contributed by atoms with van der Waals surface area (Å²) in [7, 11) is 0. The monoisotopic (exact) mass is 406 g/mol. The fraction of sp³-hybridized carbons (Fsp3) is 0.810. The van der Waals surface area contributed by atoms with E-state index in [1.165, 1.54) is 4.90 Å². The number of carbonyl (C=O) groups is 4. The summed E-state index contributed by atoms with van der Waals surface area (Å²) in [6.45, 7) is 5.50. The van der Waals surface area contributed by atoms with Gasteiger partial charge in [-0.2, -0.15) is 0 Å². The molecular formula is C21H34N4O4. The van der Waals surface area contributed by atoms with Crippen molar-refractivity contribution in [2.24, 2.45) is 5.92 Å². The lowest BCUT2D eigenvalue weighted by atomic mass is 9.82. The van der Waals surface area contributed by atoms with Crippen molar-refractivity contribution in [3.63, 3.8) is 0 Å². The summed E-state index contributed by atoms with van der Waals surface area (Å²) >= 11 is 0. The Morgan fingerprint density at radius 2 is 1.79 bits per heavy atom. The van der Waals surface area contributed by atoms with E-state index in [0.717, 1.165) is 32.1 Å². The predicted molar refractivity (Wildman–Crippen MR) is 108 cm³/mol. The van der Waals surface area contributed by atoms with E-state index < -0.39 is 5.54 Å². The highest BCUT2D eigenvalue weighted by atomic mass is 16.2. The summed E-state index contributed by atoms with van der Waals surface area (Å²) < 4.78 is 0. The largest absolute Gasteiger partial charge is 0.353 e. The minimum Gasteiger partial charge on any atom is -0.353 e. The van der Waals surface area contributed by atoms with E-state index in [2.05, 4.69) is 10.6 Å². The molecule has 0 aromatic rings. The first-order chi connectivity index (χ1) is 13.8. The third-order valence-corrected chi connectivity index (χ3v) is 6.31. The number of urea groups is 1. The van der Waals surface area contributed by atoms with Gasteiger partial charge in [-0.25, -0.2) is 4.79 Å². The van der Waals surface area contributed by atoms with Gasteiger partial charge in [-0.1, -0.05) is 33.1 Å². The van der Waals surface area contributed by atoms with Crippen LogP contribution in [0.1, 0.15) is 71.6 Å². The van der Waals surface area contributed by atoms with Crippen LogP contribution in [-0.2, 0) is 14.4 Å². The second-order valence-electron chi connectivity index (χ2n) is 9.10. The van der Waals surface area contributed by atoms with Crippen LogP contribution in [0, 0.1) is 5.92 Å². The Kier molecular flexibility index (Phi) is 6.80. The fourth-order valence-electron chi connectivity index (χ4n) is 4.64. The molecule has 3 rings (SSSR count). The molecule has 2 heterocycles. The third-order valence-electron chi connectivity index (χ3n) is 6.31. The Hall–Kier alpha value is -2.12. The molecule has 0 radical (unpaired) electrons. The Bertz CT molecular complexity index is 649. The Balaban J connectivity index is 1.41. The average Bonchev–Trinajstić information content (AvgIpc) is 2.90. The van der Waals surface area contributed by atoms with Gasteiger partial charge in [-0.05, 0) is 31.6 Å². The second kappa shape index (κ2) is 9.13. The van der Waals surface area contributed by atoms with Crippen molar-refractivity contribution in [2.45, 2.75) is 83.2 Å². The summed E-state index contributed by atoms with van der Waals surface area (Å²) in [5, 5.41) is 5.87. The zero-order valence-electron chi connectivity index (χ0n) is 17.7. The number of hydrogen-bond acceptors (Lipinski definition) is 4. The van der Waals surface area contributed by atoms with E-state index in [-0.39, 0.29) is 42.8 Å². The standard InChI is InChI=1S/C21H34N4O4/c1-15(2)14-18(27)24-11-6-16(7-12-24)22-17(26)8-13-25-19(28)21(23-20(25)29)9-4-3-5-10-21/h15-16H,3-14H2,1-2H3,(H,22,26)(H,23,29). The molecule has 0 bridgehead atoms. The smallest absolute Gasteiger partial charge is 0.325 e. The van der Waals surface area contributed by atoms with Gasteiger partial charge in [0.1, 0.15) is 5.54 Å². The lowest BCUT2D eigenvalue weighted by Crippen LogP contribution is -2.48. The van der Waals surface area contributed by atoms with Crippen LogP contribution in [0.3, 0.4) is 0 Å². The summed E-state index contributed by atoms with van der Waals surface area (Å²) in [4.78, 5) is 52.6. The summed E-state index contributed by atoms with van der Waals surface area (Å²) in [5.41, 5.74) is -0.735. The van der Waals surface area contributed by atoms with Gasteiger partial charge in [0, 0.05) is 38.5 Å². The van der Waals surface area contributed by atoms with Crippen LogP contribution in [0.2, 0.25) is 0 Å². The average molecular weight is 407 g/mol. The minimum atomic E-state index is -0.735. The maximum absolute atomic E-state index is 12.7. The lowest BCUT2D eigenvalue weighted by molar-refractivity contribution is -0.133. The van der Waals surface area contributed by atoms with Gasteiger partial charge in [-0.15, -0.1) is 0 Å². The molecule has 8 nitrogen and oxygen atoms in total. The highest BCUT2D eigenvalue weighted by Gasteiger charge is 2.51. The third kappa shape index (κ3) is 5.08. The quantitative estimate of drug-likeness (QED) is 0.657. The lowest BCUT2D eigenvalue weighted by Gasteiger charge is -2.33. The van der Waals surface area contributed by atoms with Gasteiger partial charge in [-0.3, -0.25) is 19.3 Å². The predicted octanol–water partition coefficient (Wildman–Crippen LogP) is 1.78. The molecule has 0 unspecified atom stereocenters. The van der Waals surface area contributed by atoms with Gasteiger partial charge in [0.2, 0.25) is 11.8 Å². The first-order valence-electron chi connectivity index (χ1n) is 11.0. The van der Waals surface area contributed by atoms with E-state index in [1.54, 1.807) is 0 Å². The molecule has 2 aliphatic heterocycles. The number of hydrogen-bond donors (Lipinski definition) is 2. The fourth-order valence-corrected chi connectivity index (χ4v) is 4.64. The Labute approximate surface area is 172 Å². The van der Waals surface area contributed by atoms with Crippen molar-refractivity contribution in [3.8, 4) is 0 Å². The maximum Gasteiger partial charge on any atom is 0.325 e. The van der Waals surface area contributed by atoms with Crippen LogP contribution >= 0.6 is 0 Å². The molecule has 1 spiro atoms. The number of likely N-dealkylation sites (tertiary alicyclic amines) is 1. The SMILES string of the molecule is CC(C)CC(=O)N1CCC(NC(=O)CCN2C(=O)NC3(CCCCC3)C2=O)CC1. The molecule has 1 aliphatic carbocycles. The summed E-state index contributed by atoms with van der Waals surface area (Å²) in [5.74, 6) is 0.201. The summed E-state index contributed by atoms with van der Waals surface area (Å²) in [6, 6.07) is -0.333. The second-order valence-corrected chi connectivity index (χ2v) is 9.10. The molecule has 0 atom stereocenters. The highest BCUT2D eigenvalue weighted by Crippen LogP contribution is 2.33. The van der Waals surface area contributed by atoms with E-state index >= 15 is 0 Å². The van der Waals surface area contributed by atoms with E-state index in [0.29, 0.717) is 38.3 Å². The van der Waals surface area contributed by atoms with Crippen LogP contribution in [0.5, 0.6) is 0 Å². The number of rotatable bonds is 6. The number of carbonyl (C=O) groups excluding carboxylic acids is 4. The normalized spacial score (nSPS) is 22.3. The van der Waals surface area contributed by atoms with Gasteiger partial charge in [0.05, 0.1) is 0 Å². The van der Waals surface area contributed by atoms with Gasteiger partial charge in [0.15, 0.2) is 0 Å². The molecule has 8 heteroatoms. The molecule has 5 amide bonds. The maximum atomic E-state index is 12.7. The number of nitrogens with zero attached hydrogens (tertiary/aromatic N) is 2. The van der Waals surface area contributed by atoms with Crippen molar-refractivity contribution in [1.82, 2.24) is 20.4 Å². The molecule has 3 aliphatic rings. The van der Waals surface area contributed by atoms with Crippen molar-refractivity contribution in [2.75, 3.05) is 19.6 Å². The van der Waals surface area contributed by atoms with Crippen molar-refractivity contribution in [1.29, 1.82) is 0 Å². The van der Waals surface area contributed by atoms with Crippen LogP contribution in [0.15, 0.2) is 0 Å². The van der Waals surface area contributed by atoms with Crippen LogP contribution in [0.4, 0.5) is 4.79 Å². The molecule has 2 N–H and O–H groups in total. The molecule has 3 fully saturated rings. The van der Waals surface area contributed by atoms with Crippen molar-refractivity contribution < 1.29 is 19.2 Å². The first-order valence-corrected chi connectivity index (χ1v) is 11.0. The van der Waals surface area contributed by atoms with E-state index in [1.807, 2.05) is 18.7 Å². The van der Waals surface area contributed by atoms with Gasteiger partial charge < -0.3 is 15.5 Å². The van der Waals surface area contributed by atoms with Crippen LogP contribution < -0.4 is 10.6 Å².